The number of fused-ring (bicyclic) bond motifs is 1. The molecule has 0 aliphatic rings. The van der Waals surface area contributed by atoms with E-state index >= 15 is 0 Å². The van der Waals surface area contributed by atoms with E-state index in [2.05, 4.69) is 4.98 Å². The Balaban J connectivity index is 2.55. The summed E-state index contributed by atoms with van der Waals surface area (Å²) in [7, 11) is 0. The Labute approximate surface area is 145 Å². The number of hydrogen-bond acceptors (Lipinski definition) is 3. The average molecular weight is 365 g/mol. The van der Waals surface area contributed by atoms with Crippen LogP contribution in [0, 0.1) is 25.5 Å². The minimum atomic E-state index is -1.46. The highest BCUT2D eigenvalue weighted by Gasteiger charge is 2.20. The largest absolute Gasteiger partial charge is 0.477 e. The van der Waals surface area contributed by atoms with Gasteiger partial charge < -0.3 is 5.11 Å². The van der Waals surface area contributed by atoms with E-state index in [0.717, 1.165) is 12.3 Å². The number of pyridine rings is 2. The van der Waals surface area contributed by atoms with Crippen molar-refractivity contribution in [2.24, 2.45) is 0 Å². The van der Waals surface area contributed by atoms with E-state index in [1.54, 1.807) is 13.8 Å². The second-order valence-corrected chi connectivity index (χ2v) is 5.93. The predicted octanol–water partition coefficient (Wildman–Crippen LogP) is 3.63. The highest BCUT2D eigenvalue weighted by Crippen LogP contribution is 2.25. The maximum absolute atomic E-state index is 13.8. The van der Waals surface area contributed by atoms with Gasteiger partial charge in [-0.05, 0) is 43.2 Å². The molecule has 0 amide bonds. The molecule has 0 aliphatic carbocycles. The van der Waals surface area contributed by atoms with Gasteiger partial charge in [0.2, 0.25) is 5.43 Å². The Bertz CT molecular complexity index is 1090. The second-order valence-electron chi connectivity index (χ2n) is 5.57. The van der Waals surface area contributed by atoms with Gasteiger partial charge in [-0.15, -0.1) is 0 Å². The highest BCUT2D eigenvalue weighted by atomic mass is 35.5. The normalized spacial score (nSPS) is 11.1. The molecule has 0 fully saturated rings. The van der Waals surface area contributed by atoms with Gasteiger partial charge >= 0.3 is 5.97 Å². The molecular weight excluding hydrogens is 354 g/mol. The van der Waals surface area contributed by atoms with E-state index in [4.69, 9.17) is 11.6 Å². The molecule has 5 nitrogen and oxygen atoms in total. The van der Waals surface area contributed by atoms with Crippen LogP contribution in [0.3, 0.4) is 0 Å². The van der Waals surface area contributed by atoms with Gasteiger partial charge in [0.25, 0.3) is 0 Å². The Hall–Kier alpha value is -2.80. The Morgan fingerprint density at radius 1 is 1.20 bits per heavy atom. The van der Waals surface area contributed by atoms with Gasteiger partial charge in [-0.2, -0.15) is 0 Å². The van der Waals surface area contributed by atoms with E-state index in [-0.39, 0.29) is 11.0 Å². The molecule has 0 saturated heterocycles. The third-order valence-electron chi connectivity index (χ3n) is 3.82. The maximum Gasteiger partial charge on any atom is 0.341 e. The lowest BCUT2D eigenvalue weighted by atomic mass is 10.1. The van der Waals surface area contributed by atoms with Gasteiger partial charge in [0.15, 0.2) is 11.0 Å². The molecule has 3 aromatic rings. The lowest BCUT2D eigenvalue weighted by molar-refractivity contribution is 0.0695. The van der Waals surface area contributed by atoms with Crippen LogP contribution in [0.25, 0.3) is 16.7 Å². The summed E-state index contributed by atoms with van der Waals surface area (Å²) in [4.78, 5) is 27.6. The molecule has 1 N–H and O–H groups in total. The van der Waals surface area contributed by atoms with Crippen LogP contribution in [0.1, 0.15) is 21.5 Å². The summed E-state index contributed by atoms with van der Waals surface area (Å²) in [5, 5.41) is 8.60. The third kappa shape index (κ3) is 2.76. The fraction of sp³-hybridized carbons (Fsp3) is 0.118. The van der Waals surface area contributed by atoms with Gasteiger partial charge in [-0.1, -0.05) is 11.6 Å². The van der Waals surface area contributed by atoms with Crippen LogP contribution in [-0.4, -0.2) is 20.6 Å². The minimum Gasteiger partial charge on any atom is -0.477 e. The number of carbonyl (C=O) groups is 1. The molecule has 0 aliphatic heterocycles. The van der Waals surface area contributed by atoms with Crippen molar-refractivity contribution in [1.82, 2.24) is 9.55 Å². The SMILES string of the molecule is Cc1cc(F)cc(C)c1-n1cc(C(=O)O)c(=O)c2cc(F)c(Cl)nc21. The zero-order chi connectivity index (χ0) is 18.5. The zero-order valence-corrected chi connectivity index (χ0v) is 13.9. The molecule has 0 unspecified atom stereocenters. The van der Waals surface area contributed by atoms with Crippen molar-refractivity contribution in [2.45, 2.75) is 13.8 Å². The van der Waals surface area contributed by atoms with Gasteiger partial charge in [0.1, 0.15) is 17.0 Å². The summed E-state index contributed by atoms with van der Waals surface area (Å²) >= 11 is 5.73. The smallest absolute Gasteiger partial charge is 0.341 e. The molecule has 128 valence electrons. The summed E-state index contributed by atoms with van der Waals surface area (Å²) in [6.07, 6.45) is 1.08. The predicted molar refractivity (Wildman–Crippen MR) is 88.7 cm³/mol. The minimum absolute atomic E-state index is 0.0146. The van der Waals surface area contributed by atoms with E-state index in [1.807, 2.05) is 0 Å². The monoisotopic (exact) mass is 364 g/mol. The van der Waals surface area contributed by atoms with Crippen molar-refractivity contribution in [2.75, 3.05) is 0 Å². The molecule has 2 aromatic heterocycles. The fourth-order valence-corrected chi connectivity index (χ4v) is 2.94. The number of carboxylic acids is 1. The number of aromatic carboxylic acids is 1. The molecule has 2 heterocycles. The number of rotatable bonds is 2. The van der Waals surface area contributed by atoms with Crippen LogP contribution in [0.2, 0.25) is 5.15 Å². The first-order valence-corrected chi connectivity index (χ1v) is 7.50. The van der Waals surface area contributed by atoms with Crippen molar-refractivity contribution in [3.8, 4) is 5.69 Å². The number of hydrogen-bond donors (Lipinski definition) is 1. The quantitative estimate of drug-likeness (QED) is 0.705. The lowest BCUT2D eigenvalue weighted by Crippen LogP contribution is -2.20. The molecule has 0 saturated carbocycles. The summed E-state index contributed by atoms with van der Waals surface area (Å²) < 4.78 is 28.7. The van der Waals surface area contributed by atoms with Crippen LogP contribution in [-0.2, 0) is 0 Å². The summed E-state index contributed by atoms with van der Waals surface area (Å²) in [5.41, 5.74) is -0.0382. The van der Waals surface area contributed by atoms with Crippen LogP contribution in [0.5, 0.6) is 0 Å². The molecule has 0 atom stereocenters. The van der Waals surface area contributed by atoms with Crippen LogP contribution < -0.4 is 5.43 Å². The molecule has 1 aromatic carbocycles. The first-order chi connectivity index (χ1) is 11.7. The van der Waals surface area contributed by atoms with Gasteiger partial charge in [0.05, 0.1) is 11.1 Å². The van der Waals surface area contributed by atoms with E-state index in [0.29, 0.717) is 16.8 Å². The van der Waals surface area contributed by atoms with Gasteiger partial charge in [0, 0.05) is 6.20 Å². The number of halogens is 3. The van der Waals surface area contributed by atoms with E-state index < -0.39 is 33.7 Å². The molecular formula is C17H11ClF2N2O3. The van der Waals surface area contributed by atoms with Crippen LogP contribution in [0.4, 0.5) is 8.78 Å². The Kier molecular flexibility index (Phi) is 4.04. The molecule has 3 rings (SSSR count). The van der Waals surface area contributed by atoms with E-state index in [9.17, 15) is 23.5 Å². The number of nitrogens with zero attached hydrogens (tertiary/aromatic N) is 2. The molecule has 8 heteroatoms. The number of aromatic nitrogens is 2. The van der Waals surface area contributed by atoms with Crippen molar-refractivity contribution in [3.05, 3.63) is 68.1 Å². The molecule has 0 spiro atoms. The fourth-order valence-electron chi connectivity index (χ4n) is 2.81. The number of aryl methyl sites for hydroxylation is 2. The molecule has 25 heavy (non-hydrogen) atoms. The van der Waals surface area contributed by atoms with Crippen molar-refractivity contribution in [3.63, 3.8) is 0 Å². The maximum atomic E-state index is 13.8. The average Bonchev–Trinajstić information content (AvgIpc) is 2.50. The molecule has 0 bridgehead atoms. The Morgan fingerprint density at radius 2 is 1.80 bits per heavy atom. The number of carboxylic acid groups (broad SMARTS) is 1. The summed E-state index contributed by atoms with van der Waals surface area (Å²) in [6, 6.07) is 3.37. The standard InChI is InChI=1S/C17H11ClF2N2O3/c1-7-3-9(19)4-8(2)13(7)22-6-11(17(24)25)14(23)10-5-12(20)15(18)21-16(10)22/h3-6H,1-2H3,(H,24,25). The van der Waals surface area contributed by atoms with Crippen LogP contribution in [0.15, 0.2) is 29.2 Å². The first kappa shape index (κ1) is 17.0. The zero-order valence-electron chi connectivity index (χ0n) is 13.1. The van der Waals surface area contributed by atoms with Crippen molar-refractivity contribution < 1.29 is 18.7 Å². The van der Waals surface area contributed by atoms with Crippen LogP contribution >= 0.6 is 11.6 Å². The van der Waals surface area contributed by atoms with Crippen molar-refractivity contribution >= 4 is 28.6 Å². The Morgan fingerprint density at radius 3 is 2.36 bits per heavy atom. The summed E-state index contributed by atoms with van der Waals surface area (Å²) in [6.45, 7) is 3.25. The lowest BCUT2D eigenvalue weighted by Gasteiger charge is -2.17. The molecule has 0 radical (unpaired) electrons. The third-order valence-corrected chi connectivity index (χ3v) is 4.08. The van der Waals surface area contributed by atoms with Crippen molar-refractivity contribution in [1.29, 1.82) is 0 Å². The second kappa shape index (κ2) is 5.93. The summed E-state index contributed by atoms with van der Waals surface area (Å²) in [5.74, 6) is -2.86. The highest BCUT2D eigenvalue weighted by molar-refractivity contribution is 6.29. The number of benzene rings is 1. The topological polar surface area (TPSA) is 72.2 Å². The van der Waals surface area contributed by atoms with Gasteiger partial charge in [-0.3, -0.25) is 9.36 Å². The van der Waals surface area contributed by atoms with Gasteiger partial charge in [-0.25, -0.2) is 18.6 Å². The van der Waals surface area contributed by atoms with E-state index in [1.165, 1.54) is 16.7 Å². The first-order valence-electron chi connectivity index (χ1n) is 7.12.